The SMILES string of the molecule is CCOC(=O)c1ccc(Cl)cc1I. The molecule has 0 unspecified atom stereocenters. The molecule has 0 saturated carbocycles. The molecule has 0 bridgehead atoms. The van der Waals surface area contributed by atoms with Gasteiger partial charge in [0.25, 0.3) is 0 Å². The lowest BCUT2D eigenvalue weighted by atomic mass is 10.2. The molecule has 0 aliphatic carbocycles. The fraction of sp³-hybridized carbons (Fsp3) is 0.222. The largest absolute Gasteiger partial charge is 0.462 e. The van der Waals surface area contributed by atoms with Gasteiger partial charge in [-0.25, -0.2) is 4.79 Å². The topological polar surface area (TPSA) is 26.3 Å². The molecule has 4 heteroatoms. The van der Waals surface area contributed by atoms with E-state index < -0.39 is 0 Å². The number of ether oxygens (including phenoxy) is 1. The van der Waals surface area contributed by atoms with Gasteiger partial charge in [-0.05, 0) is 47.7 Å². The van der Waals surface area contributed by atoms with Crippen LogP contribution in [0.2, 0.25) is 5.02 Å². The lowest BCUT2D eigenvalue weighted by molar-refractivity contribution is 0.0525. The van der Waals surface area contributed by atoms with Crippen LogP contribution in [-0.4, -0.2) is 12.6 Å². The first-order valence-corrected chi connectivity index (χ1v) is 5.23. The zero-order chi connectivity index (χ0) is 9.84. The maximum Gasteiger partial charge on any atom is 0.339 e. The molecule has 0 aliphatic rings. The van der Waals surface area contributed by atoms with E-state index in [2.05, 4.69) is 22.6 Å². The van der Waals surface area contributed by atoms with Gasteiger partial charge in [-0.1, -0.05) is 11.6 Å². The molecule has 0 fully saturated rings. The smallest absolute Gasteiger partial charge is 0.339 e. The van der Waals surface area contributed by atoms with Crippen LogP contribution in [0, 0.1) is 3.57 Å². The highest BCUT2D eigenvalue weighted by Gasteiger charge is 2.10. The van der Waals surface area contributed by atoms with E-state index in [-0.39, 0.29) is 5.97 Å². The number of carbonyl (C=O) groups excluding carboxylic acids is 1. The molecule has 0 heterocycles. The van der Waals surface area contributed by atoms with E-state index in [9.17, 15) is 4.79 Å². The van der Waals surface area contributed by atoms with Gasteiger partial charge in [0.2, 0.25) is 0 Å². The van der Waals surface area contributed by atoms with Crippen LogP contribution in [0.5, 0.6) is 0 Å². The van der Waals surface area contributed by atoms with Crippen molar-refractivity contribution >= 4 is 40.2 Å². The Labute approximate surface area is 95.4 Å². The van der Waals surface area contributed by atoms with Crippen LogP contribution in [0.3, 0.4) is 0 Å². The fourth-order valence-electron chi connectivity index (χ4n) is 0.864. The van der Waals surface area contributed by atoms with Crippen molar-refractivity contribution < 1.29 is 9.53 Å². The molecule has 1 aromatic rings. The van der Waals surface area contributed by atoms with E-state index >= 15 is 0 Å². The first-order chi connectivity index (χ1) is 6.15. The predicted octanol–water partition coefficient (Wildman–Crippen LogP) is 3.12. The van der Waals surface area contributed by atoms with E-state index in [0.717, 1.165) is 3.57 Å². The standard InChI is InChI=1S/C9H8ClIO2/c1-2-13-9(12)7-4-3-6(10)5-8(7)11/h3-5H,2H2,1H3. The Morgan fingerprint density at radius 3 is 2.85 bits per heavy atom. The highest BCUT2D eigenvalue weighted by molar-refractivity contribution is 14.1. The Balaban J connectivity index is 2.95. The monoisotopic (exact) mass is 310 g/mol. The highest BCUT2D eigenvalue weighted by Crippen LogP contribution is 2.18. The summed E-state index contributed by atoms with van der Waals surface area (Å²) in [6, 6.07) is 5.08. The van der Waals surface area contributed by atoms with Gasteiger partial charge in [-0.15, -0.1) is 0 Å². The van der Waals surface area contributed by atoms with E-state index in [4.69, 9.17) is 16.3 Å². The quantitative estimate of drug-likeness (QED) is 0.620. The van der Waals surface area contributed by atoms with Crippen molar-refractivity contribution in [2.24, 2.45) is 0 Å². The number of rotatable bonds is 2. The summed E-state index contributed by atoms with van der Waals surface area (Å²) in [6.45, 7) is 2.16. The van der Waals surface area contributed by atoms with Crippen molar-refractivity contribution in [1.29, 1.82) is 0 Å². The molecule has 0 N–H and O–H groups in total. The summed E-state index contributed by atoms with van der Waals surface area (Å²) in [7, 11) is 0. The Morgan fingerprint density at radius 2 is 2.31 bits per heavy atom. The Hall–Kier alpha value is -0.290. The minimum atomic E-state index is -0.302. The van der Waals surface area contributed by atoms with E-state index in [1.165, 1.54) is 0 Å². The third-order valence-electron chi connectivity index (χ3n) is 1.43. The van der Waals surface area contributed by atoms with E-state index in [1.807, 2.05) is 0 Å². The number of benzene rings is 1. The van der Waals surface area contributed by atoms with Crippen LogP contribution in [-0.2, 0) is 4.74 Å². The Morgan fingerprint density at radius 1 is 1.62 bits per heavy atom. The second kappa shape index (κ2) is 4.81. The van der Waals surface area contributed by atoms with Gasteiger partial charge in [-0.3, -0.25) is 0 Å². The average Bonchev–Trinajstić information content (AvgIpc) is 2.04. The third-order valence-corrected chi connectivity index (χ3v) is 2.55. The molecule has 0 aromatic heterocycles. The van der Waals surface area contributed by atoms with Crippen LogP contribution in [0.25, 0.3) is 0 Å². The molecule has 1 rings (SSSR count). The second-order valence-corrected chi connectivity index (χ2v) is 3.94. The third kappa shape index (κ3) is 2.84. The molecular weight excluding hydrogens is 302 g/mol. The zero-order valence-electron chi connectivity index (χ0n) is 7.01. The molecule has 1 aromatic carbocycles. The molecule has 0 spiro atoms. The number of carbonyl (C=O) groups is 1. The Kier molecular flexibility index (Phi) is 3.99. The summed E-state index contributed by atoms with van der Waals surface area (Å²) in [6.07, 6.45) is 0. The van der Waals surface area contributed by atoms with Gasteiger partial charge in [-0.2, -0.15) is 0 Å². The van der Waals surface area contributed by atoms with Gasteiger partial charge >= 0.3 is 5.97 Å². The fourth-order valence-corrected chi connectivity index (χ4v) is 1.96. The maximum atomic E-state index is 11.3. The zero-order valence-corrected chi connectivity index (χ0v) is 9.93. The summed E-state index contributed by atoms with van der Waals surface area (Å²) in [4.78, 5) is 11.3. The van der Waals surface area contributed by atoms with Crippen LogP contribution in [0.1, 0.15) is 17.3 Å². The van der Waals surface area contributed by atoms with Crippen molar-refractivity contribution in [2.45, 2.75) is 6.92 Å². The first kappa shape index (κ1) is 10.8. The van der Waals surface area contributed by atoms with Crippen LogP contribution < -0.4 is 0 Å². The highest BCUT2D eigenvalue weighted by atomic mass is 127. The normalized spacial score (nSPS) is 9.77. The van der Waals surface area contributed by atoms with Gasteiger partial charge in [0.1, 0.15) is 0 Å². The number of hydrogen-bond donors (Lipinski definition) is 0. The van der Waals surface area contributed by atoms with Crippen molar-refractivity contribution in [3.05, 3.63) is 32.4 Å². The summed E-state index contributed by atoms with van der Waals surface area (Å²) in [5, 5.41) is 0.623. The van der Waals surface area contributed by atoms with Crippen molar-refractivity contribution in [3.8, 4) is 0 Å². The lowest BCUT2D eigenvalue weighted by Crippen LogP contribution is -2.06. The summed E-state index contributed by atoms with van der Waals surface area (Å²) >= 11 is 7.80. The molecule has 70 valence electrons. The average molecular weight is 311 g/mol. The summed E-state index contributed by atoms with van der Waals surface area (Å²) in [5.41, 5.74) is 0.562. The van der Waals surface area contributed by atoms with Gasteiger partial charge in [0.15, 0.2) is 0 Å². The minimum Gasteiger partial charge on any atom is -0.462 e. The molecule has 0 saturated heterocycles. The van der Waals surface area contributed by atoms with Crippen LogP contribution >= 0.6 is 34.2 Å². The molecule has 0 atom stereocenters. The molecular formula is C9H8ClIO2. The summed E-state index contributed by atoms with van der Waals surface area (Å²) < 4.78 is 5.67. The second-order valence-electron chi connectivity index (χ2n) is 2.34. The van der Waals surface area contributed by atoms with Gasteiger partial charge in [0, 0.05) is 8.59 Å². The van der Waals surface area contributed by atoms with Gasteiger partial charge < -0.3 is 4.74 Å². The Bertz CT molecular complexity index is 325. The predicted molar refractivity (Wildman–Crippen MR) is 60.1 cm³/mol. The van der Waals surface area contributed by atoms with Crippen molar-refractivity contribution in [1.82, 2.24) is 0 Å². The first-order valence-electron chi connectivity index (χ1n) is 3.77. The minimum absolute atomic E-state index is 0.302. The number of hydrogen-bond acceptors (Lipinski definition) is 2. The van der Waals surface area contributed by atoms with Crippen molar-refractivity contribution in [2.75, 3.05) is 6.61 Å². The molecule has 0 amide bonds. The molecule has 2 nitrogen and oxygen atoms in total. The number of esters is 1. The van der Waals surface area contributed by atoms with Gasteiger partial charge in [0.05, 0.1) is 12.2 Å². The van der Waals surface area contributed by atoms with Crippen LogP contribution in [0.15, 0.2) is 18.2 Å². The van der Waals surface area contributed by atoms with E-state index in [1.54, 1.807) is 25.1 Å². The van der Waals surface area contributed by atoms with Crippen LogP contribution in [0.4, 0.5) is 0 Å². The van der Waals surface area contributed by atoms with E-state index in [0.29, 0.717) is 17.2 Å². The number of halogens is 2. The molecule has 13 heavy (non-hydrogen) atoms. The molecule has 0 aliphatic heterocycles. The maximum absolute atomic E-state index is 11.3. The lowest BCUT2D eigenvalue weighted by Gasteiger charge is -2.03. The van der Waals surface area contributed by atoms with Crippen molar-refractivity contribution in [3.63, 3.8) is 0 Å². The summed E-state index contributed by atoms with van der Waals surface area (Å²) in [5.74, 6) is -0.302. The molecule has 0 radical (unpaired) electrons.